The van der Waals surface area contributed by atoms with Crippen LogP contribution in [0.1, 0.15) is 123 Å². The fourth-order valence-corrected chi connectivity index (χ4v) is 13.1. The summed E-state index contributed by atoms with van der Waals surface area (Å²) in [7, 11) is -1.08. The first-order valence-electron chi connectivity index (χ1n) is 24.6. The highest BCUT2D eigenvalue weighted by atomic mass is 32.2. The number of nitro benzene ring substituents is 1. The monoisotopic (exact) mass is 948 g/mol. The number of methoxy groups -OCH3 is 2. The van der Waals surface area contributed by atoms with Gasteiger partial charge in [-0.15, -0.1) is 0 Å². The van der Waals surface area contributed by atoms with Crippen molar-refractivity contribution in [1.82, 2.24) is 14.5 Å². The van der Waals surface area contributed by atoms with Crippen LogP contribution in [-0.2, 0) is 16.4 Å². The highest BCUT2D eigenvalue weighted by molar-refractivity contribution is 7.90. The summed E-state index contributed by atoms with van der Waals surface area (Å²) >= 11 is 0. The Morgan fingerprint density at radius 1 is 0.882 bits per heavy atom. The van der Waals surface area contributed by atoms with E-state index in [9.17, 15) is 28.4 Å². The summed E-state index contributed by atoms with van der Waals surface area (Å²) in [4.78, 5) is 32.8. The van der Waals surface area contributed by atoms with E-state index in [0.717, 1.165) is 102 Å². The second-order valence-corrected chi connectivity index (χ2v) is 22.4. The molecular weight excluding hydrogens is 881 g/mol. The number of hydrogen-bond donors (Lipinski definition) is 3. The maximum Gasteiger partial charge on any atom is 0.293 e. The molecule has 4 fully saturated rings. The maximum atomic E-state index is 13.9. The van der Waals surface area contributed by atoms with E-state index in [4.69, 9.17) is 9.47 Å². The third kappa shape index (κ3) is 9.55. The van der Waals surface area contributed by atoms with Crippen LogP contribution in [0.25, 0.3) is 0 Å². The third-order valence-corrected chi connectivity index (χ3v) is 17.6. The van der Waals surface area contributed by atoms with Crippen LogP contribution in [0.2, 0.25) is 0 Å². The lowest BCUT2D eigenvalue weighted by Crippen LogP contribution is -2.63. The molecule has 4 aromatic rings. The van der Waals surface area contributed by atoms with Gasteiger partial charge in [0.2, 0.25) is 0 Å². The second kappa shape index (κ2) is 19.3. The van der Waals surface area contributed by atoms with Crippen molar-refractivity contribution >= 4 is 33.0 Å². The van der Waals surface area contributed by atoms with E-state index < -0.39 is 26.5 Å². The SMILES string of the molecule is COc1cc2c(cc1OC)C(CN1CCN(C3CCC34CCN(c3ccccc3C(=O)NS(=O)(=O)c3ccc(NCC5CCC(C)(O)CC5)c([N+](=O)[O-])c3)CC4)[C@H](c3ccccc3C(C)C)C1)C2. The molecule has 2 saturated carbocycles. The Labute approximate surface area is 401 Å². The number of nitrogens with one attached hydrogen (secondary N) is 2. The molecule has 9 rings (SSSR count). The number of hydrogen-bond acceptors (Lipinski definition) is 12. The molecule has 68 heavy (non-hydrogen) atoms. The van der Waals surface area contributed by atoms with E-state index in [1.807, 2.05) is 19.1 Å². The molecule has 3 atom stereocenters. The molecule has 1 amide bonds. The average molecular weight is 949 g/mol. The van der Waals surface area contributed by atoms with Crippen molar-refractivity contribution in [2.45, 2.75) is 113 Å². The number of aliphatic hydroxyl groups is 1. The number of anilines is 2. The van der Waals surface area contributed by atoms with Crippen LogP contribution in [0.4, 0.5) is 17.1 Å². The molecule has 0 bridgehead atoms. The van der Waals surface area contributed by atoms with Crippen molar-refractivity contribution < 1.29 is 32.7 Å². The van der Waals surface area contributed by atoms with Crippen molar-refractivity contribution in [3.63, 3.8) is 0 Å². The average Bonchev–Trinajstić information content (AvgIpc) is 3.32. The number of benzene rings is 4. The van der Waals surface area contributed by atoms with Crippen molar-refractivity contribution in [2.24, 2.45) is 11.3 Å². The molecular formula is C53H68N6O8S. The number of nitro groups is 1. The first-order chi connectivity index (χ1) is 32.6. The molecule has 1 spiro atoms. The van der Waals surface area contributed by atoms with Crippen LogP contribution < -0.4 is 24.4 Å². The molecule has 4 aromatic carbocycles. The summed E-state index contributed by atoms with van der Waals surface area (Å²) in [6, 6.07) is 24.8. The number of ether oxygens (including phenoxy) is 2. The number of para-hydroxylation sites is 1. The van der Waals surface area contributed by atoms with E-state index in [-0.39, 0.29) is 39.2 Å². The van der Waals surface area contributed by atoms with E-state index >= 15 is 0 Å². The molecule has 5 aliphatic rings. The number of carbonyl (C=O) groups excluding carboxylic acids is 1. The quantitative estimate of drug-likeness (QED) is 0.0768. The zero-order chi connectivity index (χ0) is 48.0. The molecule has 2 saturated heterocycles. The minimum Gasteiger partial charge on any atom is -0.493 e. The number of carbonyl (C=O) groups is 1. The van der Waals surface area contributed by atoms with Crippen LogP contribution in [0.3, 0.4) is 0 Å². The van der Waals surface area contributed by atoms with Gasteiger partial charge in [-0.05, 0) is 141 Å². The largest absolute Gasteiger partial charge is 0.493 e. The van der Waals surface area contributed by atoms with Crippen LogP contribution in [0, 0.1) is 21.4 Å². The number of piperidine rings is 1. The van der Waals surface area contributed by atoms with Gasteiger partial charge in [0.15, 0.2) is 11.5 Å². The zero-order valence-electron chi connectivity index (χ0n) is 40.2. The standard InChI is InChI=1S/C53H68N6O8S/c1-35(2)40-10-6-7-11-41(40)47-34-56(33-38-28-37-29-48(66-4)49(67-5)31-43(37)38)26-27-58(47)50-18-21-53(50)22-24-57(25-23-53)45-13-9-8-12-42(45)51(60)55-68(64,65)39-14-15-44(46(30-39)59(62)63)54-32-36-16-19-52(3,61)20-17-36/h6-15,29-31,35-36,38,47,50,54,61H,16-28,32-34H2,1-5H3,(H,55,60)/t36?,38?,47-,50?,52?/m0/s1. The number of rotatable bonds is 15. The second-order valence-electron chi connectivity index (χ2n) is 20.7. The molecule has 2 aliphatic heterocycles. The topological polar surface area (TPSA) is 167 Å². The third-order valence-electron chi connectivity index (χ3n) is 16.3. The van der Waals surface area contributed by atoms with Gasteiger partial charge in [0.25, 0.3) is 21.6 Å². The first kappa shape index (κ1) is 47.8. The number of nitrogens with zero attached hydrogens (tertiary/aromatic N) is 4. The Balaban J connectivity index is 0.869. The van der Waals surface area contributed by atoms with E-state index in [0.29, 0.717) is 43.0 Å². The summed E-state index contributed by atoms with van der Waals surface area (Å²) in [6.45, 7) is 12.3. The van der Waals surface area contributed by atoms with Gasteiger partial charge < -0.3 is 24.8 Å². The Morgan fingerprint density at radius 3 is 2.28 bits per heavy atom. The number of piperazine rings is 1. The fourth-order valence-electron chi connectivity index (χ4n) is 12.1. The van der Waals surface area contributed by atoms with Gasteiger partial charge >= 0.3 is 0 Å². The van der Waals surface area contributed by atoms with Crippen LogP contribution in [0.15, 0.2) is 83.8 Å². The first-order valence-corrected chi connectivity index (χ1v) is 26.0. The Morgan fingerprint density at radius 2 is 1.59 bits per heavy atom. The minimum atomic E-state index is -4.47. The zero-order valence-corrected chi connectivity index (χ0v) is 41.0. The van der Waals surface area contributed by atoms with E-state index in [1.54, 1.807) is 26.4 Å². The smallest absolute Gasteiger partial charge is 0.293 e. The van der Waals surface area contributed by atoms with Gasteiger partial charge in [-0.3, -0.25) is 24.7 Å². The van der Waals surface area contributed by atoms with E-state index in [1.165, 1.54) is 34.4 Å². The van der Waals surface area contributed by atoms with Crippen molar-refractivity contribution in [2.75, 3.05) is 70.2 Å². The Kier molecular flexibility index (Phi) is 13.6. The Bertz CT molecular complexity index is 2620. The Hall–Kier alpha value is -5.22. The molecule has 15 heteroatoms. The summed E-state index contributed by atoms with van der Waals surface area (Å²) < 4.78 is 40.9. The predicted molar refractivity (Wildman–Crippen MR) is 265 cm³/mol. The number of sulfonamides is 1. The van der Waals surface area contributed by atoms with Gasteiger partial charge in [-0.2, -0.15) is 0 Å². The molecule has 3 aliphatic carbocycles. The molecule has 2 heterocycles. The summed E-state index contributed by atoms with van der Waals surface area (Å²) in [6.07, 6.45) is 8.12. The van der Waals surface area contributed by atoms with Gasteiger partial charge in [-0.1, -0.05) is 50.2 Å². The molecule has 0 radical (unpaired) electrons. The van der Waals surface area contributed by atoms with Crippen molar-refractivity contribution in [3.05, 3.63) is 117 Å². The lowest BCUT2D eigenvalue weighted by Gasteiger charge is -2.61. The van der Waals surface area contributed by atoms with Gasteiger partial charge in [-0.25, -0.2) is 13.1 Å². The summed E-state index contributed by atoms with van der Waals surface area (Å²) in [5.41, 5.74) is 5.71. The highest BCUT2D eigenvalue weighted by Crippen LogP contribution is 2.55. The molecule has 0 aromatic heterocycles. The molecule has 364 valence electrons. The van der Waals surface area contributed by atoms with Crippen molar-refractivity contribution in [3.8, 4) is 11.5 Å². The molecule has 3 N–H and O–H groups in total. The predicted octanol–water partition coefficient (Wildman–Crippen LogP) is 8.66. The minimum absolute atomic E-state index is 0.139. The molecule has 14 nitrogen and oxygen atoms in total. The summed E-state index contributed by atoms with van der Waals surface area (Å²) in [5.74, 6) is 1.87. The van der Waals surface area contributed by atoms with E-state index in [2.05, 4.69) is 75.0 Å². The summed E-state index contributed by atoms with van der Waals surface area (Å²) in [5, 5.41) is 25.6. The highest BCUT2D eigenvalue weighted by Gasteiger charge is 2.53. The number of amides is 1. The normalized spacial score (nSPS) is 25.0. The number of fused-ring (bicyclic) bond motifs is 1. The fraction of sp³-hybridized carbons (Fsp3) is 0.528. The van der Waals surface area contributed by atoms with Gasteiger partial charge in [0, 0.05) is 75.6 Å². The van der Waals surface area contributed by atoms with Crippen LogP contribution >= 0.6 is 0 Å². The maximum absolute atomic E-state index is 13.9. The lowest BCUT2D eigenvalue weighted by atomic mass is 9.58. The van der Waals surface area contributed by atoms with Crippen molar-refractivity contribution in [1.29, 1.82) is 0 Å². The lowest BCUT2D eigenvalue weighted by molar-refractivity contribution is -0.384. The van der Waals surface area contributed by atoms with Gasteiger partial charge in [0.1, 0.15) is 5.69 Å². The van der Waals surface area contributed by atoms with Crippen LogP contribution in [-0.4, -0.2) is 106 Å². The van der Waals surface area contributed by atoms with Crippen LogP contribution in [0.5, 0.6) is 11.5 Å². The molecule has 2 unspecified atom stereocenters. The van der Waals surface area contributed by atoms with Gasteiger partial charge in [0.05, 0.1) is 35.2 Å².